The van der Waals surface area contributed by atoms with E-state index in [1.807, 2.05) is 19.1 Å². The van der Waals surface area contributed by atoms with Gasteiger partial charge in [-0.3, -0.25) is 9.36 Å². The average Bonchev–Trinajstić information content (AvgIpc) is 2.17. The molecule has 0 amide bonds. The molecule has 15 heavy (non-hydrogen) atoms. The van der Waals surface area contributed by atoms with Gasteiger partial charge in [0.15, 0.2) is 4.77 Å². The van der Waals surface area contributed by atoms with Crippen molar-refractivity contribution in [3.8, 4) is 0 Å². The van der Waals surface area contributed by atoms with Crippen LogP contribution in [0.3, 0.4) is 0 Å². The first-order valence-electron chi connectivity index (χ1n) is 4.56. The van der Waals surface area contributed by atoms with E-state index in [1.165, 1.54) is 0 Å². The van der Waals surface area contributed by atoms with E-state index in [9.17, 15) is 4.79 Å². The maximum absolute atomic E-state index is 12.0. The lowest BCUT2D eigenvalue weighted by Crippen LogP contribution is -2.21. The van der Waals surface area contributed by atoms with Gasteiger partial charge < -0.3 is 4.98 Å². The fourth-order valence-electron chi connectivity index (χ4n) is 1.51. The van der Waals surface area contributed by atoms with Crippen molar-refractivity contribution in [3.63, 3.8) is 0 Å². The Balaban J connectivity index is 2.98. The Morgan fingerprint density at radius 3 is 2.93 bits per heavy atom. The second-order valence-corrected chi connectivity index (χ2v) is 4.47. The van der Waals surface area contributed by atoms with Gasteiger partial charge in [0.1, 0.15) is 0 Å². The summed E-state index contributed by atoms with van der Waals surface area (Å²) in [4.78, 5) is 15.0. The number of nitrogens with zero attached hydrogens (tertiary/aromatic N) is 1. The fourth-order valence-corrected chi connectivity index (χ4v) is 2.20. The van der Waals surface area contributed by atoms with Crippen molar-refractivity contribution in [2.24, 2.45) is 0 Å². The molecule has 0 unspecified atom stereocenters. The highest BCUT2D eigenvalue weighted by molar-refractivity contribution is 9.10. The minimum Gasteiger partial charge on any atom is -0.332 e. The van der Waals surface area contributed by atoms with Crippen LogP contribution in [0.5, 0.6) is 0 Å². The summed E-state index contributed by atoms with van der Waals surface area (Å²) < 4.78 is 2.94. The second-order valence-electron chi connectivity index (χ2n) is 3.17. The van der Waals surface area contributed by atoms with Crippen LogP contribution in [0, 0.1) is 4.77 Å². The van der Waals surface area contributed by atoms with Crippen LogP contribution in [-0.2, 0) is 6.54 Å². The molecule has 5 heteroatoms. The van der Waals surface area contributed by atoms with Gasteiger partial charge in [0.2, 0.25) is 0 Å². The first-order chi connectivity index (χ1) is 7.13. The summed E-state index contributed by atoms with van der Waals surface area (Å²) in [5, 5.41) is 0.661. The van der Waals surface area contributed by atoms with E-state index >= 15 is 0 Å². The number of H-pyrrole nitrogens is 1. The van der Waals surface area contributed by atoms with Crippen molar-refractivity contribution < 1.29 is 0 Å². The molecule has 1 aromatic carbocycles. The highest BCUT2D eigenvalue weighted by Crippen LogP contribution is 2.15. The summed E-state index contributed by atoms with van der Waals surface area (Å²) in [5.74, 6) is 0. The molecule has 0 aliphatic rings. The maximum atomic E-state index is 12.0. The van der Waals surface area contributed by atoms with Gasteiger partial charge in [-0.25, -0.2) is 0 Å². The molecule has 0 fully saturated rings. The van der Waals surface area contributed by atoms with Gasteiger partial charge in [-0.1, -0.05) is 15.9 Å². The van der Waals surface area contributed by atoms with E-state index in [0.717, 1.165) is 9.99 Å². The molecule has 0 aliphatic carbocycles. The van der Waals surface area contributed by atoms with Crippen molar-refractivity contribution in [1.29, 1.82) is 0 Å². The molecule has 0 aliphatic heterocycles. The third-order valence-electron chi connectivity index (χ3n) is 2.26. The molecule has 2 rings (SSSR count). The molecule has 3 nitrogen and oxygen atoms in total. The smallest absolute Gasteiger partial charge is 0.262 e. The Hall–Kier alpha value is -0.940. The number of nitrogens with one attached hydrogen (secondary N) is 1. The Morgan fingerprint density at radius 2 is 2.27 bits per heavy atom. The number of hydrogen-bond acceptors (Lipinski definition) is 2. The van der Waals surface area contributed by atoms with E-state index in [-0.39, 0.29) is 5.56 Å². The molecule has 1 N–H and O–H groups in total. The highest BCUT2D eigenvalue weighted by Gasteiger charge is 2.03. The van der Waals surface area contributed by atoms with Crippen LogP contribution in [0.25, 0.3) is 10.9 Å². The zero-order valence-corrected chi connectivity index (χ0v) is 10.5. The van der Waals surface area contributed by atoms with E-state index in [4.69, 9.17) is 12.2 Å². The molecular weight excluding hydrogens is 276 g/mol. The van der Waals surface area contributed by atoms with Gasteiger partial charge in [0.05, 0.1) is 10.9 Å². The number of benzene rings is 1. The minimum absolute atomic E-state index is 0.0382. The summed E-state index contributed by atoms with van der Waals surface area (Å²) in [6.07, 6.45) is 0. The van der Waals surface area contributed by atoms with Crippen LogP contribution in [0.4, 0.5) is 0 Å². The second kappa shape index (κ2) is 3.90. The SMILES string of the molecule is CCn1c(=S)[nH]c2cc(Br)ccc2c1=O. The quantitative estimate of drug-likeness (QED) is 0.818. The van der Waals surface area contributed by atoms with Crippen molar-refractivity contribution in [2.75, 3.05) is 0 Å². The topological polar surface area (TPSA) is 37.8 Å². The largest absolute Gasteiger partial charge is 0.332 e. The number of aromatic nitrogens is 2. The molecule has 2 aromatic rings. The summed E-state index contributed by atoms with van der Waals surface area (Å²) in [5.41, 5.74) is 0.729. The average molecular weight is 285 g/mol. The number of fused-ring (bicyclic) bond motifs is 1. The molecule has 0 saturated heterocycles. The molecule has 1 heterocycles. The van der Waals surface area contributed by atoms with E-state index < -0.39 is 0 Å². The van der Waals surface area contributed by atoms with Crippen LogP contribution in [0.15, 0.2) is 27.5 Å². The Labute approximate surface area is 99.9 Å². The fraction of sp³-hybridized carbons (Fsp3) is 0.200. The highest BCUT2D eigenvalue weighted by atomic mass is 79.9. The summed E-state index contributed by atoms with van der Waals surface area (Å²) in [6, 6.07) is 5.49. The van der Waals surface area contributed by atoms with Crippen molar-refractivity contribution in [2.45, 2.75) is 13.5 Å². The van der Waals surface area contributed by atoms with Gasteiger partial charge >= 0.3 is 0 Å². The predicted octanol–water partition coefficient (Wildman–Crippen LogP) is 2.84. The maximum Gasteiger partial charge on any atom is 0.262 e. The molecule has 0 spiro atoms. The predicted molar refractivity (Wildman–Crippen MR) is 66.8 cm³/mol. The standard InChI is InChI=1S/C10H9BrN2OS/c1-2-13-9(14)7-4-3-6(11)5-8(7)12-10(13)15/h3-5H,2H2,1H3,(H,12,15). The van der Waals surface area contributed by atoms with Crippen molar-refractivity contribution >= 4 is 39.1 Å². The van der Waals surface area contributed by atoms with Crippen LogP contribution in [-0.4, -0.2) is 9.55 Å². The number of hydrogen-bond donors (Lipinski definition) is 1. The van der Waals surface area contributed by atoms with Crippen LogP contribution in [0.1, 0.15) is 6.92 Å². The number of rotatable bonds is 1. The molecule has 0 radical (unpaired) electrons. The zero-order chi connectivity index (χ0) is 11.0. The molecule has 78 valence electrons. The van der Waals surface area contributed by atoms with Crippen LogP contribution < -0.4 is 5.56 Å². The third-order valence-corrected chi connectivity index (χ3v) is 3.08. The van der Waals surface area contributed by atoms with E-state index in [2.05, 4.69) is 20.9 Å². The van der Waals surface area contributed by atoms with Gasteiger partial charge in [-0.2, -0.15) is 0 Å². The minimum atomic E-state index is -0.0382. The third kappa shape index (κ3) is 1.77. The van der Waals surface area contributed by atoms with Crippen LogP contribution in [0.2, 0.25) is 0 Å². The Bertz CT molecular complexity index is 629. The van der Waals surface area contributed by atoms with Gasteiger partial charge in [-0.05, 0) is 37.3 Å². The van der Waals surface area contributed by atoms with Crippen molar-refractivity contribution in [1.82, 2.24) is 9.55 Å². The lowest BCUT2D eigenvalue weighted by Gasteiger charge is -2.04. The molecular formula is C10H9BrN2OS. The normalized spacial score (nSPS) is 10.8. The molecule has 0 saturated carbocycles. The number of aromatic amines is 1. The lowest BCUT2D eigenvalue weighted by atomic mass is 10.2. The van der Waals surface area contributed by atoms with Crippen molar-refractivity contribution in [3.05, 3.63) is 37.8 Å². The van der Waals surface area contributed by atoms with E-state index in [1.54, 1.807) is 10.6 Å². The van der Waals surface area contributed by atoms with Crippen LogP contribution >= 0.6 is 28.1 Å². The van der Waals surface area contributed by atoms with Gasteiger partial charge in [0.25, 0.3) is 5.56 Å². The van der Waals surface area contributed by atoms with Gasteiger partial charge in [0, 0.05) is 11.0 Å². The lowest BCUT2D eigenvalue weighted by molar-refractivity contribution is 0.704. The summed E-state index contributed by atoms with van der Waals surface area (Å²) in [6.45, 7) is 2.48. The summed E-state index contributed by atoms with van der Waals surface area (Å²) >= 11 is 8.46. The zero-order valence-electron chi connectivity index (χ0n) is 8.08. The first kappa shape index (κ1) is 10.6. The first-order valence-corrected chi connectivity index (χ1v) is 5.76. The molecule has 0 bridgehead atoms. The van der Waals surface area contributed by atoms with Gasteiger partial charge in [-0.15, -0.1) is 0 Å². The molecule has 1 aromatic heterocycles. The molecule has 0 atom stereocenters. The number of halogens is 1. The Kier molecular flexibility index (Phi) is 2.75. The van der Waals surface area contributed by atoms with E-state index in [0.29, 0.717) is 16.7 Å². The monoisotopic (exact) mass is 284 g/mol. The Morgan fingerprint density at radius 1 is 1.53 bits per heavy atom. The summed E-state index contributed by atoms with van der Waals surface area (Å²) in [7, 11) is 0.